The van der Waals surface area contributed by atoms with Crippen molar-refractivity contribution in [3.05, 3.63) is 65.5 Å². The second kappa shape index (κ2) is 6.38. The summed E-state index contributed by atoms with van der Waals surface area (Å²) in [6, 6.07) is 13.2. The van der Waals surface area contributed by atoms with Crippen LogP contribution in [0, 0.1) is 5.82 Å². The molecule has 3 N–H and O–H groups in total. The molecule has 0 fully saturated rings. The maximum absolute atomic E-state index is 12.8. The molecule has 1 atom stereocenters. The summed E-state index contributed by atoms with van der Waals surface area (Å²) >= 11 is 0. The van der Waals surface area contributed by atoms with Crippen molar-refractivity contribution in [1.82, 2.24) is 5.32 Å². The minimum Gasteiger partial charge on any atom is -0.388 e. The van der Waals surface area contributed by atoms with Gasteiger partial charge in [0, 0.05) is 18.7 Å². The number of urea groups is 1. The van der Waals surface area contributed by atoms with Crippen LogP contribution >= 0.6 is 0 Å². The number of anilines is 1. The predicted molar refractivity (Wildman–Crippen MR) is 86.8 cm³/mol. The number of fused-ring (bicyclic) bond motifs is 1. The first-order chi connectivity index (χ1) is 11.0. The van der Waals surface area contributed by atoms with Crippen molar-refractivity contribution in [1.29, 1.82) is 0 Å². The summed E-state index contributed by atoms with van der Waals surface area (Å²) < 4.78 is 12.8. The van der Waals surface area contributed by atoms with E-state index >= 15 is 0 Å². The number of hydrogen-bond acceptors (Lipinski definition) is 2. The van der Waals surface area contributed by atoms with Crippen molar-refractivity contribution in [3.63, 3.8) is 0 Å². The number of nitrogens with one attached hydrogen (secondary N) is 2. The standard InChI is InChI=1S/C18H19FN2O2/c19-15-5-7-16(8-6-15)21-17(22)20-12-18(23)10-9-13-3-1-2-4-14(13)11-18/h1-8,23H,9-12H2,(H2,20,21,22). The average Bonchev–Trinajstić information content (AvgIpc) is 2.55. The zero-order chi connectivity index (χ0) is 16.3. The predicted octanol–water partition coefficient (Wildman–Crippen LogP) is 2.87. The van der Waals surface area contributed by atoms with Crippen LogP contribution in [-0.4, -0.2) is 23.3 Å². The van der Waals surface area contributed by atoms with E-state index < -0.39 is 11.6 Å². The van der Waals surface area contributed by atoms with Crippen molar-refractivity contribution in [2.24, 2.45) is 0 Å². The van der Waals surface area contributed by atoms with Gasteiger partial charge in [-0.1, -0.05) is 24.3 Å². The molecule has 0 saturated carbocycles. The molecule has 4 nitrogen and oxygen atoms in total. The van der Waals surface area contributed by atoms with Gasteiger partial charge in [0.15, 0.2) is 0 Å². The summed E-state index contributed by atoms with van der Waals surface area (Å²) in [6.07, 6.45) is 1.94. The first-order valence-electron chi connectivity index (χ1n) is 7.64. The molecule has 0 bridgehead atoms. The highest BCUT2D eigenvalue weighted by atomic mass is 19.1. The van der Waals surface area contributed by atoms with Crippen molar-refractivity contribution >= 4 is 11.7 Å². The monoisotopic (exact) mass is 314 g/mol. The largest absolute Gasteiger partial charge is 0.388 e. The summed E-state index contributed by atoms with van der Waals surface area (Å²) in [5.74, 6) is -0.355. The molecule has 0 spiro atoms. The fraction of sp³-hybridized carbons (Fsp3) is 0.278. The van der Waals surface area contributed by atoms with Gasteiger partial charge in [0.05, 0.1) is 5.60 Å². The number of aryl methyl sites for hydroxylation is 1. The molecule has 120 valence electrons. The lowest BCUT2D eigenvalue weighted by Gasteiger charge is -2.33. The van der Waals surface area contributed by atoms with Gasteiger partial charge in [0.1, 0.15) is 5.82 Å². The first-order valence-corrected chi connectivity index (χ1v) is 7.64. The molecule has 0 heterocycles. The third-order valence-corrected chi connectivity index (χ3v) is 4.18. The Morgan fingerprint density at radius 1 is 1.13 bits per heavy atom. The Kier molecular flexibility index (Phi) is 4.30. The van der Waals surface area contributed by atoms with Crippen LogP contribution in [0.4, 0.5) is 14.9 Å². The third kappa shape index (κ3) is 3.87. The van der Waals surface area contributed by atoms with E-state index in [9.17, 15) is 14.3 Å². The lowest BCUT2D eigenvalue weighted by molar-refractivity contribution is 0.0295. The number of amides is 2. The summed E-state index contributed by atoms with van der Waals surface area (Å²) in [7, 11) is 0. The Morgan fingerprint density at radius 2 is 1.83 bits per heavy atom. The molecular weight excluding hydrogens is 295 g/mol. The number of carbonyl (C=O) groups is 1. The Labute approximate surface area is 134 Å². The molecule has 0 aliphatic heterocycles. The van der Waals surface area contributed by atoms with Crippen LogP contribution in [0.5, 0.6) is 0 Å². The number of rotatable bonds is 3. The Balaban J connectivity index is 1.55. The second-order valence-corrected chi connectivity index (χ2v) is 5.98. The lowest BCUT2D eigenvalue weighted by atomic mass is 9.80. The second-order valence-electron chi connectivity index (χ2n) is 5.98. The quantitative estimate of drug-likeness (QED) is 0.816. The Morgan fingerprint density at radius 3 is 2.57 bits per heavy atom. The van der Waals surface area contributed by atoms with Gasteiger partial charge in [-0.15, -0.1) is 0 Å². The van der Waals surface area contributed by atoms with Gasteiger partial charge < -0.3 is 15.7 Å². The number of benzene rings is 2. The van der Waals surface area contributed by atoms with Crippen molar-refractivity contribution in [2.45, 2.75) is 24.9 Å². The van der Waals surface area contributed by atoms with E-state index in [1.54, 1.807) is 0 Å². The normalized spacial score (nSPS) is 19.7. The zero-order valence-corrected chi connectivity index (χ0v) is 12.7. The first kappa shape index (κ1) is 15.5. The van der Waals surface area contributed by atoms with Crippen LogP contribution in [0.2, 0.25) is 0 Å². The fourth-order valence-electron chi connectivity index (χ4n) is 2.89. The van der Waals surface area contributed by atoms with Crippen LogP contribution in [0.1, 0.15) is 17.5 Å². The van der Waals surface area contributed by atoms with Crippen LogP contribution in [0.25, 0.3) is 0 Å². The van der Waals surface area contributed by atoms with Crippen LogP contribution in [0.3, 0.4) is 0 Å². The number of hydrogen-bond donors (Lipinski definition) is 3. The van der Waals surface area contributed by atoms with E-state index in [0.717, 1.165) is 12.0 Å². The minimum atomic E-state index is -0.936. The molecule has 0 saturated heterocycles. The summed E-state index contributed by atoms with van der Waals surface area (Å²) in [5.41, 5.74) is 1.95. The highest BCUT2D eigenvalue weighted by molar-refractivity contribution is 5.89. The highest BCUT2D eigenvalue weighted by Crippen LogP contribution is 2.28. The lowest BCUT2D eigenvalue weighted by Crippen LogP contribution is -2.47. The van der Waals surface area contributed by atoms with E-state index in [1.165, 1.54) is 29.8 Å². The van der Waals surface area contributed by atoms with Gasteiger partial charge in [0.2, 0.25) is 0 Å². The maximum atomic E-state index is 12.8. The smallest absolute Gasteiger partial charge is 0.319 e. The van der Waals surface area contributed by atoms with Gasteiger partial charge in [-0.25, -0.2) is 9.18 Å². The van der Waals surface area contributed by atoms with Crippen molar-refractivity contribution in [3.8, 4) is 0 Å². The zero-order valence-electron chi connectivity index (χ0n) is 12.7. The highest BCUT2D eigenvalue weighted by Gasteiger charge is 2.32. The molecule has 3 rings (SSSR count). The molecule has 1 aliphatic carbocycles. The third-order valence-electron chi connectivity index (χ3n) is 4.18. The molecule has 2 aromatic carbocycles. The summed E-state index contributed by atoms with van der Waals surface area (Å²) in [6.45, 7) is 0.175. The molecule has 23 heavy (non-hydrogen) atoms. The molecule has 2 amide bonds. The molecule has 5 heteroatoms. The maximum Gasteiger partial charge on any atom is 0.319 e. The Hall–Kier alpha value is -2.40. The molecule has 0 aromatic heterocycles. The van der Waals surface area contributed by atoms with E-state index in [4.69, 9.17) is 0 Å². The SMILES string of the molecule is O=C(NCC1(O)CCc2ccccc2C1)Nc1ccc(F)cc1. The van der Waals surface area contributed by atoms with E-state index in [2.05, 4.69) is 16.7 Å². The van der Waals surface area contributed by atoms with Gasteiger partial charge in [0.25, 0.3) is 0 Å². The number of carbonyl (C=O) groups excluding carboxylic acids is 1. The molecule has 1 aliphatic rings. The molecule has 0 radical (unpaired) electrons. The van der Waals surface area contributed by atoms with Gasteiger partial charge in [-0.3, -0.25) is 0 Å². The van der Waals surface area contributed by atoms with Crippen LogP contribution in [-0.2, 0) is 12.8 Å². The van der Waals surface area contributed by atoms with E-state index in [0.29, 0.717) is 18.5 Å². The van der Waals surface area contributed by atoms with Gasteiger partial charge >= 0.3 is 6.03 Å². The van der Waals surface area contributed by atoms with E-state index in [-0.39, 0.29) is 12.4 Å². The van der Waals surface area contributed by atoms with Crippen LogP contribution < -0.4 is 10.6 Å². The van der Waals surface area contributed by atoms with Crippen LogP contribution in [0.15, 0.2) is 48.5 Å². The Bertz CT molecular complexity index is 702. The van der Waals surface area contributed by atoms with Crippen molar-refractivity contribution < 1.29 is 14.3 Å². The molecule has 1 unspecified atom stereocenters. The summed E-state index contributed by atoms with van der Waals surface area (Å²) in [4.78, 5) is 11.9. The van der Waals surface area contributed by atoms with Gasteiger partial charge in [-0.2, -0.15) is 0 Å². The molecule has 2 aromatic rings. The summed E-state index contributed by atoms with van der Waals surface area (Å²) in [5, 5.41) is 16.0. The number of halogens is 1. The van der Waals surface area contributed by atoms with Crippen molar-refractivity contribution in [2.75, 3.05) is 11.9 Å². The topological polar surface area (TPSA) is 61.4 Å². The fourth-order valence-corrected chi connectivity index (χ4v) is 2.89. The van der Waals surface area contributed by atoms with Gasteiger partial charge in [-0.05, 0) is 48.2 Å². The number of aliphatic hydroxyl groups is 1. The molecular formula is C18H19FN2O2. The average molecular weight is 314 g/mol. The minimum absolute atomic E-state index is 0.175. The van der Waals surface area contributed by atoms with E-state index in [1.807, 2.05) is 18.2 Å².